The Hall–Kier alpha value is -0.830. The second-order valence-electron chi connectivity index (χ2n) is 2.88. The smallest absolute Gasteiger partial charge is 0.0625 e. The molecule has 3 heteroatoms. The maximum absolute atomic E-state index is 4.45. The molecule has 3 nitrogen and oxygen atoms in total. The van der Waals surface area contributed by atoms with Crippen LogP contribution in [0, 0.1) is 0 Å². The fourth-order valence-corrected chi connectivity index (χ4v) is 1.43. The highest BCUT2D eigenvalue weighted by Gasteiger charge is 2.09. The highest BCUT2D eigenvalue weighted by Crippen LogP contribution is 2.07. The number of hydrogen-bond donors (Lipinski definition) is 1. The Labute approximate surface area is 66.4 Å². The molecule has 1 aliphatic heterocycles. The minimum absolute atomic E-state index is 0.979. The van der Waals surface area contributed by atoms with E-state index in [1.807, 2.05) is 0 Å². The molecule has 0 amide bonds. The van der Waals surface area contributed by atoms with Crippen LogP contribution in [0.25, 0.3) is 0 Å². The zero-order chi connectivity index (χ0) is 7.68. The number of aryl methyl sites for hydroxylation is 1. The molecule has 0 fully saturated rings. The van der Waals surface area contributed by atoms with Crippen LogP contribution >= 0.6 is 0 Å². The molecule has 1 aromatic heterocycles. The Balaban J connectivity index is 2.32. The molecule has 1 aromatic rings. The number of fused-ring (bicyclic) bond motifs is 1. The van der Waals surface area contributed by atoms with Gasteiger partial charge in [0.25, 0.3) is 0 Å². The molecule has 0 saturated heterocycles. The maximum Gasteiger partial charge on any atom is 0.0625 e. The summed E-state index contributed by atoms with van der Waals surface area (Å²) in [5.74, 6) is 0. The summed E-state index contributed by atoms with van der Waals surface area (Å²) in [5, 5.41) is 7.76. The lowest BCUT2D eigenvalue weighted by atomic mass is 10.3. The molecule has 0 unspecified atom stereocenters. The van der Waals surface area contributed by atoms with Crippen LogP contribution in [0.1, 0.15) is 18.3 Å². The zero-order valence-electron chi connectivity index (χ0n) is 6.80. The van der Waals surface area contributed by atoms with Gasteiger partial charge in [0.05, 0.1) is 17.9 Å². The summed E-state index contributed by atoms with van der Waals surface area (Å²) in [7, 11) is 0. The van der Waals surface area contributed by atoms with E-state index in [0.29, 0.717) is 0 Å². The van der Waals surface area contributed by atoms with Gasteiger partial charge in [-0.15, -0.1) is 0 Å². The molecule has 0 radical (unpaired) electrons. The number of nitrogens with zero attached hydrogens (tertiary/aromatic N) is 2. The first-order valence-electron chi connectivity index (χ1n) is 4.16. The molecule has 0 bridgehead atoms. The van der Waals surface area contributed by atoms with E-state index >= 15 is 0 Å². The molecule has 1 aliphatic rings. The topological polar surface area (TPSA) is 29.9 Å². The summed E-state index contributed by atoms with van der Waals surface area (Å²) in [6.45, 7) is 5.20. The molecular formula is C8H13N3. The SMILES string of the molecule is CCc1cc2n(n1)CCNC2. The summed E-state index contributed by atoms with van der Waals surface area (Å²) < 4.78 is 2.11. The third kappa shape index (κ3) is 1.16. The van der Waals surface area contributed by atoms with E-state index in [1.54, 1.807) is 0 Å². The van der Waals surface area contributed by atoms with E-state index < -0.39 is 0 Å². The van der Waals surface area contributed by atoms with Gasteiger partial charge >= 0.3 is 0 Å². The van der Waals surface area contributed by atoms with Crippen molar-refractivity contribution >= 4 is 0 Å². The van der Waals surface area contributed by atoms with Gasteiger partial charge in [-0.25, -0.2) is 0 Å². The van der Waals surface area contributed by atoms with Gasteiger partial charge in [0.15, 0.2) is 0 Å². The largest absolute Gasteiger partial charge is 0.309 e. The summed E-state index contributed by atoms with van der Waals surface area (Å²) in [6, 6.07) is 2.19. The minimum Gasteiger partial charge on any atom is -0.309 e. The van der Waals surface area contributed by atoms with Gasteiger partial charge in [-0.2, -0.15) is 5.10 Å². The number of rotatable bonds is 1. The Morgan fingerprint density at radius 2 is 2.64 bits per heavy atom. The second kappa shape index (κ2) is 2.66. The van der Waals surface area contributed by atoms with Gasteiger partial charge in [-0.1, -0.05) is 6.92 Å². The summed E-state index contributed by atoms with van der Waals surface area (Å²) in [4.78, 5) is 0. The van der Waals surface area contributed by atoms with Crippen LogP contribution in [-0.2, 0) is 19.5 Å². The average molecular weight is 151 g/mol. The van der Waals surface area contributed by atoms with E-state index in [-0.39, 0.29) is 0 Å². The van der Waals surface area contributed by atoms with E-state index in [9.17, 15) is 0 Å². The Bertz CT molecular complexity index is 228. The maximum atomic E-state index is 4.45. The monoisotopic (exact) mass is 151 g/mol. The molecule has 2 heterocycles. The van der Waals surface area contributed by atoms with Gasteiger partial charge in [-0.3, -0.25) is 4.68 Å². The summed E-state index contributed by atoms with van der Waals surface area (Å²) in [5.41, 5.74) is 2.54. The van der Waals surface area contributed by atoms with Crippen LogP contribution in [0.3, 0.4) is 0 Å². The molecule has 11 heavy (non-hydrogen) atoms. The lowest BCUT2D eigenvalue weighted by Gasteiger charge is -2.13. The Morgan fingerprint density at radius 3 is 3.36 bits per heavy atom. The molecule has 0 saturated carbocycles. The molecule has 0 aliphatic carbocycles. The van der Waals surface area contributed by atoms with Crippen molar-refractivity contribution in [2.24, 2.45) is 0 Å². The van der Waals surface area contributed by atoms with E-state index in [1.165, 1.54) is 11.4 Å². The highest BCUT2D eigenvalue weighted by atomic mass is 15.3. The van der Waals surface area contributed by atoms with E-state index in [2.05, 4.69) is 28.1 Å². The van der Waals surface area contributed by atoms with Crippen LogP contribution in [0.15, 0.2) is 6.07 Å². The molecule has 0 atom stereocenters. The lowest BCUT2D eigenvalue weighted by molar-refractivity contribution is 0.473. The summed E-state index contributed by atoms with van der Waals surface area (Å²) >= 11 is 0. The third-order valence-corrected chi connectivity index (χ3v) is 2.08. The fraction of sp³-hybridized carbons (Fsp3) is 0.625. The molecule has 2 rings (SSSR count). The van der Waals surface area contributed by atoms with E-state index in [0.717, 1.165) is 26.1 Å². The van der Waals surface area contributed by atoms with Crippen molar-refractivity contribution in [1.82, 2.24) is 15.1 Å². The van der Waals surface area contributed by atoms with Crippen molar-refractivity contribution in [2.75, 3.05) is 6.54 Å². The molecule has 0 spiro atoms. The second-order valence-corrected chi connectivity index (χ2v) is 2.88. The van der Waals surface area contributed by atoms with Crippen LogP contribution < -0.4 is 5.32 Å². The normalized spacial score (nSPS) is 16.5. The van der Waals surface area contributed by atoms with Gasteiger partial charge in [0.2, 0.25) is 0 Å². The van der Waals surface area contributed by atoms with Crippen LogP contribution in [0.2, 0.25) is 0 Å². The molecule has 1 N–H and O–H groups in total. The van der Waals surface area contributed by atoms with Gasteiger partial charge < -0.3 is 5.32 Å². The Morgan fingerprint density at radius 1 is 1.73 bits per heavy atom. The number of aromatic nitrogens is 2. The first-order chi connectivity index (χ1) is 5.40. The number of hydrogen-bond acceptors (Lipinski definition) is 2. The van der Waals surface area contributed by atoms with Gasteiger partial charge in [-0.05, 0) is 12.5 Å². The molecule has 60 valence electrons. The van der Waals surface area contributed by atoms with E-state index in [4.69, 9.17) is 0 Å². The highest BCUT2D eigenvalue weighted by molar-refractivity contribution is 5.11. The fourth-order valence-electron chi connectivity index (χ4n) is 1.43. The van der Waals surface area contributed by atoms with Crippen molar-refractivity contribution in [3.63, 3.8) is 0 Å². The Kier molecular flexibility index (Phi) is 1.66. The zero-order valence-corrected chi connectivity index (χ0v) is 6.80. The quantitative estimate of drug-likeness (QED) is 0.635. The van der Waals surface area contributed by atoms with Gasteiger partial charge in [0.1, 0.15) is 0 Å². The molecular weight excluding hydrogens is 138 g/mol. The average Bonchev–Trinajstić information content (AvgIpc) is 2.46. The molecule has 0 aromatic carbocycles. The first-order valence-corrected chi connectivity index (χ1v) is 4.16. The van der Waals surface area contributed by atoms with Crippen molar-refractivity contribution < 1.29 is 0 Å². The third-order valence-electron chi connectivity index (χ3n) is 2.08. The standard InChI is InChI=1S/C8H13N3/c1-2-7-5-8-6-9-3-4-11(8)10-7/h5,9H,2-4,6H2,1H3. The summed E-state index contributed by atoms with van der Waals surface area (Å²) in [6.07, 6.45) is 1.04. The van der Waals surface area contributed by atoms with Crippen molar-refractivity contribution in [2.45, 2.75) is 26.4 Å². The minimum atomic E-state index is 0.979. The predicted octanol–water partition coefficient (Wildman–Crippen LogP) is 0.549. The first kappa shape index (κ1) is 6.85. The van der Waals surface area contributed by atoms with Crippen molar-refractivity contribution in [1.29, 1.82) is 0 Å². The van der Waals surface area contributed by atoms with Crippen LogP contribution in [0.5, 0.6) is 0 Å². The van der Waals surface area contributed by atoms with Crippen molar-refractivity contribution in [3.05, 3.63) is 17.5 Å². The number of nitrogens with one attached hydrogen (secondary N) is 1. The van der Waals surface area contributed by atoms with Crippen LogP contribution in [-0.4, -0.2) is 16.3 Å². The lowest BCUT2D eigenvalue weighted by Crippen LogP contribution is -2.28. The van der Waals surface area contributed by atoms with Crippen LogP contribution in [0.4, 0.5) is 0 Å². The predicted molar refractivity (Wildman–Crippen MR) is 43.3 cm³/mol. The van der Waals surface area contributed by atoms with Gasteiger partial charge in [0, 0.05) is 13.1 Å². The van der Waals surface area contributed by atoms with Crippen molar-refractivity contribution in [3.8, 4) is 0 Å².